The van der Waals surface area contributed by atoms with E-state index in [0.717, 1.165) is 33.4 Å². The van der Waals surface area contributed by atoms with Crippen LogP contribution in [0.1, 0.15) is 59.4 Å². The molecule has 4 atom stereocenters. The summed E-state index contributed by atoms with van der Waals surface area (Å²) in [6.45, 7) is 6.82. The highest BCUT2D eigenvalue weighted by Gasteiger charge is 2.35. The van der Waals surface area contributed by atoms with Gasteiger partial charge in [-0.05, 0) is 64.6 Å². The number of carbonyl (C=O) groups is 5. The third-order valence-corrected chi connectivity index (χ3v) is 10.9. The van der Waals surface area contributed by atoms with E-state index in [1.807, 2.05) is 78.9 Å². The van der Waals surface area contributed by atoms with Crippen molar-refractivity contribution in [3.05, 3.63) is 156 Å². The number of hydrogen-bond acceptors (Lipinski definition) is 9. The molecule has 12 nitrogen and oxygen atoms in total. The van der Waals surface area contributed by atoms with Crippen molar-refractivity contribution in [2.75, 3.05) is 19.8 Å². The van der Waals surface area contributed by atoms with E-state index >= 15 is 0 Å². The number of esters is 2. The van der Waals surface area contributed by atoms with Crippen LogP contribution in [0.3, 0.4) is 0 Å². The molecule has 60 heavy (non-hydrogen) atoms. The lowest BCUT2D eigenvalue weighted by Gasteiger charge is -2.36. The summed E-state index contributed by atoms with van der Waals surface area (Å²) in [5.74, 6) is -3.87. The first kappa shape index (κ1) is 43.1. The van der Waals surface area contributed by atoms with Crippen molar-refractivity contribution in [1.29, 1.82) is 0 Å². The van der Waals surface area contributed by atoms with E-state index in [2.05, 4.69) is 23.8 Å². The lowest BCUT2D eigenvalue weighted by atomic mass is 9.92. The first-order valence-corrected chi connectivity index (χ1v) is 20.2. The second-order valence-corrected chi connectivity index (χ2v) is 14.9. The Morgan fingerprint density at radius 1 is 0.750 bits per heavy atom. The van der Waals surface area contributed by atoms with Crippen molar-refractivity contribution in [3.63, 3.8) is 0 Å². The Labute approximate surface area is 350 Å². The Kier molecular flexibility index (Phi) is 15.0. The monoisotopic (exact) mass is 813 g/mol. The maximum atomic E-state index is 13.9. The summed E-state index contributed by atoms with van der Waals surface area (Å²) < 4.78 is 16.8. The van der Waals surface area contributed by atoms with Gasteiger partial charge in [0.25, 0.3) is 0 Å². The molecule has 0 fully saturated rings. The normalized spacial score (nSPS) is 15.5. The number of nitrogens with zero attached hydrogens (tertiary/aromatic N) is 1. The van der Waals surface area contributed by atoms with Gasteiger partial charge in [0.05, 0.1) is 18.6 Å². The Bertz CT molecular complexity index is 2130. The maximum Gasteiger partial charge on any atom is 0.407 e. The highest BCUT2D eigenvalue weighted by Crippen LogP contribution is 2.44. The molecule has 0 spiro atoms. The van der Waals surface area contributed by atoms with E-state index in [1.165, 1.54) is 6.08 Å². The molecule has 6 rings (SSSR count). The zero-order chi connectivity index (χ0) is 42.4. The minimum absolute atomic E-state index is 0.0323. The van der Waals surface area contributed by atoms with Gasteiger partial charge in [-0.15, -0.1) is 13.2 Å². The van der Waals surface area contributed by atoms with Crippen molar-refractivity contribution in [3.8, 4) is 11.1 Å². The van der Waals surface area contributed by atoms with E-state index in [9.17, 15) is 29.1 Å². The lowest BCUT2D eigenvalue weighted by Crippen LogP contribution is -2.50. The first-order valence-electron chi connectivity index (χ1n) is 20.2. The van der Waals surface area contributed by atoms with Gasteiger partial charge in [0, 0.05) is 18.9 Å². The molecule has 2 aliphatic rings. The number of rotatable bonds is 19. The Morgan fingerprint density at radius 3 is 2.05 bits per heavy atom. The van der Waals surface area contributed by atoms with E-state index in [4.69, 9.17) is 14.2 Å². The van der Waals surface area contributed by atoms with Gasteiger partial charge in [-0.2, -0.15) is 0 Å². The number of hydrogen-bond donors (Lipinski definition) is 3. The molecule has 4 aromatic carbocycles. The summed E-state index contributed by atoms with van der Waals surface area (Å²) in [4.78, 5) is 69.5. The molecule has 0 saturated carbocycles. The molecule has 4 aromatic rings. The first-order chi connectivity index (χ1) is 29.2. The molecule has 312 valence electrons. The van der Waals surface area contributed by atoms with Gasteiger partial charge >= 0.3 is 18.0 Å². The van der Waals surface area contributed by atoms with Crippen LogP contribution in [0.15, 0.2) is 128 Å². The molecule has 3 amide bonds. The number of amides is 3. The summed E-state index contributed by atoms with van der Waals surface area (Å²) in [6.07, 6.45) is 3.10. The molecule has 1 aliphatic heterocycles. The second-order valence-electron chi connectivity index (χ2n) is 14.9. The third-order valence-electron chi connectivity index (χ3n) is 10.9. The largest absolute Gasteiger partial charge is 0.461 e. The average Bonchev–Trinajstić information content (AvgIpc) is 3.60. The molecular formula is C48H51N3O9. The average molecular weight is 814 g/mol. The topological polar surface area (TPSA) is 161 Å². The molecule has 0 saturated heterocycles. The second kappa shape index (κ2) is 20.9. The standard InChI is InChI=1S/C48H51N3O9/c1-3-5-24-42(50-48(57)60-30-41-39-22-13-11-20-37(39)38-21-12-14-23-40(38)41)46(55)59-31-43(47(56)58-29-32-16-7-6-8-17-32)49-45(54)34(15-4-2)26-44(53)51-27-35-19-10-9-18-33(35)25-36(51)28-52/h3-4,6-14,16-23,34,36,41-43,52H,1-2,5,15,24-31H2,(H,49,54)(H,50,57)/t34-,36+,42+,43-/m1/s1. The molecule has 0 unspecified atom stereocenters. The van der Waals surface area contributed by atoms with Crippen molar-refractivity contribution in [1.82, 2.24) is 15.5 Å². The number of aliphatic hydroxyl groups is 1. The molecule has 1 heterocycles. The number of benzene rings is 4. The van der Waals surface area contributed by atoms with Gasteiger partial charge in [-0.1, -0.05) is 115 Å². The van der Waals surface area contributed by atoms with E-state index in [1.54, 1.807) is 35.2 Å². The highest BCUT2D eigenvalue weighted by atomic mass is 16.6. The molecule has 0 radical (unpaired) electrons. The van der Waals surface area contributed by atoms with Gasteiger partial charge in [-0.3, -0.25) is 9.59 Å². The van der Waals surface area contributed by atoms with Gasteiger partial charge in [-0.25, -0.2) is 14.4 Å². The van der Waals surface area contributed by atoms with E-state index in [-0.39, 0.29) is 57.5 Å². The van der Waals surface area contributed by atoms with Crippen LogP contribution in [0.5, 0.6) is 0 Å². The van der Waals surface area contributed by atoms with Gasteiger partial charge in [0.2, 0.25) is 11.8 Å². The molecule has 12 heteroatoms. The molecule has 1 aliphatic carbocycles. The minimum atomic E-state index is -1.46. The summed E-state index contributed by atoms with van der Waals surface area (Å²) in [6, 6.07) is 29.4. The number of alkyl carbamates (subject to hydrolysis) is 1. The Hall–Kier alpha value is -6.53. The van der Waals surface area contributed by atoms with Crippen molar-refractivity contribution >= 4 is 29.8 Å². The number of ether oxygens (including phenoxy) is 3. The fraction of sp³-hybridized carbons (Fsp3) is 0.312. The Balaban J connectivity index is 1.11. The van der Waals surface area contributed by atoms with Crippen LogP contribution >= 0.6 is 0 Å². The quantitative estimate of drug-likeness (QED) is 0.0573. The fourth-order valence-electron chi connectivity index (χ4n) is 7.72. The number of nitrogens with one attached hydrogen (secondary N) is 2. The van der Waals surface area contributed by atoms with Crippen molar-refractivity contribution in [2.24, 2.45) is 5.92 Å². The molecular weight excluding hydrogens is 763 g/mol. The lowest BCUT2D eigenvalue weighted by molar-refractivity contribution is -0.156. The summed E-state index contributed by atoms with van der Waals surface area (Å²) in [5, 5.41) is 15.4. The smallest absolute Gasteiger partial charge is 0.407 e. The Morgan fingerprint density at radius 2 is 1.38 bits per heavy atom. The SMILES string of the molecule is C=CCC[C@H](NC(=O)OCC1c2ccccc2-c2ccccc21)C(=O)OC[C@@H](NC(=O)[C@H](CC=C)CC(=O)N1Cc2ccccc2C[C@H]1CO)C(=O)OCc1ccccc1. The predicted molar refractivity (Wildman–Crippen MR) is 225 cm³/mol. The molecule has 3 N–H and O–H groups in total. The zero-order valence-corrected chi connectivity index (χ0v) is 33.5. The summed E-state index contributed by atoms with van der Waals surface area (Å²) in [7, 11) is 0. The fourth-order valence-corrected chi connectivity index (χ4v) is 7.72. The van der Waals surface area contributed by atoms with Crippen LogP contribution in [0.4, 0.5) is 4.79 Å². The van der Waals surface area contributed by atoms with Crippen LogP contribution in [0.25, 0.3) is 11.1 Å². The maximum absolute atomic E-state index is 13.9. The predicted octanol–water partition coefficient (Wildman–Crippen LogP) is 6.16. The van der Waals surface area contributed by atoms with Crippen molar-refractivity contribution in [2.45, 2.75) is 69.3 Å². The van der Waals surface area contributed by atoms with Gasteiger partial charge in [0.15, 0.2) is 6.04 Å². The van der Waals surface area contributed by atoms with E-state index < -0.39 is 54.6 Å². The van der Waals surface area contributed by atoms with Crippen LogP contribution in [0, 0.1) is 5.92 Å². The van der Waals surface area contributed by atoms with Crippen LogP contribution in [-0.4, -0.2) is 77.8 Å². The van der Waals surface area contributed by atoms with Crippen molar-refractivity contribution < 1.29 is 43.3 Å². The highest BCUT2D eigenvalue weighted by molar-refractivity contribution is 5.90. The van der Waals surface area contributed by atoms with Gasteiger partial charge in [0.1, 0.15) is 25.9 Å². The van der Waals surface area contributed by atoms with Crippen LogP contribution < -0.4 is 10.6 Å². The van der Waals surface area contributed by atoms with E-state index in [0.29, 0.717) is 18.4 Å². The number of carbonyl (C=O) groups excluding carboxylic acids is 5. The zero-order valence-electron chi connectivity index (χ0n) is 33.5. The third kappa shape index (κ3) is 10.7. The van der Waals surface area contributed by atoms with Crippen LogP contribution in [0.2, 0.25) is 0 Å². The summed E-state index contributed by atoms with van der Waals surface area (Å²) >= 11 is 0. The minimum Gasteiger partial charge on any atom is -0.461 e. The molecule has 0 bridgehead atoms. The van der Waals surface area contributed by atoms with Gasteiger partial charge < -0.3 is 34.9 Å². The van der Waals surface area contributed by atoms with Crippen LogP contribution in [-0.2, 0) is 53.0 Å². The number of aliphatic hydroxyl groups excluding tert-OH is 1. The number of allylic oxidation sites excluding steroid dienone is 2. The summed E-state index contributed by atoms with van der Waals surface area (Å²) in [5.41, 5.74) is 6.92. The molecule has 0 aromatic heterocycles. The number of fused-ring (bicyclic) bond motifs is 4.